The van der Waals surface area contributed by atoms with Crippen LogP contribution in [0.5, 0.6) is 0 Å². The van der Waals surface area contributed by atoms with Crippen LogP contribution in [0.15, 0.2) is 0 Å². The highest BCUT2D eigenvalue weighted by Gasteiger charge is 1.65. The first-order valence-corrected chi connectivity index (χ1v) is 1.72. The first-order valence-electron chi connectivity index (χ1n) is 1.20. The number of hydrogen-bond acceptors (Lipinski definition) is 0. The molecule has 4 heavy (non-hydrogen) atoms. The molecular formula is CH3F2P. The molecular weight excluding hydrogens is 81.0 g/mol. The van der Waals surface area contributed by atoms with E-state index < -0.39 is 15.3 Å². The van der Waals surface area contributed by atoms with E-state index in [4.69, 9.17) is 1.28 Å². The Morgan fingerprint density at radius 3 is 2.50 bits per heavy atom. The van der Waals surface area contributed by atoms with E-state index in [-0.39, 0.29) is 0 Å². The summed E-state index contributed by atoms with van der Waals surface area (Å²) in [5, 5.41) is 0. The minimum Gasteiger partial charge on any atom is -0.244 e. The maximum Gasteiger partial charge on any atom is 0.136 e. The van der Waals surface area contributed by atoms with Crippen LogP contribution in [0.4, 0.5) is 8.59 Å². The fraction of sp³-hybridized carbons (Fsp3) is 1.00. The zero-order valence-electron chi connectivity index (χ0n) is 2.91. The number of rotatable bonds is 1. The summed E-state index contributed by atoms with van der Waals surface area (Å²) in [5.41, 5.74) is 0. The molecule has 0 aliphatic heterocycles. The highest BCUT2D eigenvalue weighted by Crippen LogP contribution is 2.07. The fourth-order valence-corrected chi connectivity index (χ4v) is 0. The van der Waals surface area contributed by atoms with Gasteiger partial charge in [0.15, 0.2) is 0 Å². The Hall–Kier alpha value is 0.290. The molecule has 0 aliphatic rings. The highest BCUT2D eigenvalue weighted by atomic mass is 31.1. The van der Waals surface area contributed by atoms with Gasteiger partial charge in [-0.25, -0.2) is 8.59 Å². The van der Waals surface area contributed by atoms with Gasteiger partial charge >= 0.3 is 0 Å². The predicted octanol–water partition coefficient (Wildman–Crippen LogP) is 1.48. The number of alkyl halides is 1. The van der Waals surface area contributed by atoms with Gasteiger partial charge in [-0.15, -0.1) is 0 Å². The Bertz CT molecular complexity index is 23.6. The van der Waals surface area contributed by atoms with Gasteiger partial charge in [0, 0.05) is 0 Å². The Morgan fingerprint density at radius 1 is 2.25 bits per heavy atom. The first-order chi connectivity index (χ1) is 2.27. The molecule has 0 bridgehead atoms. The van der Waals surface area contributed by atoms with Crippen LogP contribution >= 0.6 is 8.84 Å². The third kappa shape index (κ3) is 2.29. The Morgan fingerprint density at radius 2 is 2.50 bits per heavy atom. The molecule has 0 radical (unpaired) electrons. The fourth-order valence-electron chi connectivity index (χ4n) is 0. The molecule has 0 aromatic rings. The van der Waals surface area contributed by atoms with Gasteiger partial charge in [-0.2, -0.15) is 0 Å². The minimum atomic E-state index is -2.51. The van der Waals surface area contributed by atoms with E-state index in [1.807, 2.05) is 0 Å². The summed E-state index contributed by atoms with van der Waals surface area (Å²) in [6.45, 7) is 0. The van der Waals surface area contributed by atoms with Gasteiger partial charge in [-0.3, -0.25) is 0 Å². The van der Waals surface area contributed by atoms with Crippen molar-refractivity contribution in [2.75, 3.05) is 6.42 Å². The maximum atomic E-state index is 10.8. The van der Waals surface area contributed by atoms with E-state index >= 15 is 0 Å². The van der Waals surface area contributed by atoms with Crippen molar-refractivity contribution in [3.63, 3.8) is 0 Å². The molecule has 0 spiro atoms. The predicted molar refractivity (Wildman–Crippen MR) is 15.4 cm³/mol. The lowest BCUT2D eigenvalue weighted by Crippen LogP contribution is -1.36. The minimum absolute atomic E-state index is 1.13. The molecule has 0 fully saturated rings. The van der Waals surface area contributed by atoms with Crippen LogP contribution in [-0.4, -0.2) is 7.69 Å². The summed E-state index contributed by atoms with van der Waals surface area (Å²) in [4.78, 5) is 0. The van der Waals surface area contributed by atoms with Crippen LogP contribution in [0, 0.1) is 0 Å². The van der Waals surface area contributed by atoms with Gasteiger partial charge < -0.3 is 0 Å². The average Bonchev–Trinajstić information content (AvgIpc) is 1.38. The summed E-state index contributed by atoms with van der Waals surface area (Å²) in [6.07, 6.45) is -1.13. The molecule has 1 unspecified atom stereocenters. The monoisotopic (exact) mass is 86.0 g/mol. The van der Waals surface area contributed by atoms with Crippen molar-refractivity contribution in [3.05, 3.63) is 0 Å². The van der Waals surface area contributed by atoms with Crippen molar-refractivity contribution in [2.45, 2.75) is 0 Å². The smallest absolute Gasteiger partial charge is 0.136 e. The second-order valence-corrected chi connectivity index (χ2v) is 0.717. The lowest BCUT2D eigenvalue weighted by atomic mass is 11.8. The van der Waals surface area contributed by atoms with E-state index in [9.17, 15) is 8.59 Å². The van der Waals surface area contributed by atoms with Crippen molar-refractivity contribution in [2.24, 2.45) is 0 Å². The molecule has 0 aromatic heterocycles. The molecule has 0 amide bonds. The summed E-state index contributed by atoms with van der Waals surface area (Å²) >= 11 is 0. The molecule has 0 nitrogen and oxygen atoms in total. The zero-order chi connectivity index (χ0) is 4.28. The molecule has 1 atom stereocenters. The largest absolute Gasteiger partial charge is 0.244 e. The standard InChI is InChI=1S/CH3F2P/c2-1-4-3/h4H,1H2/i4T. The molecule has 0 heterocycles. The lowest BCUT2D eigenvalue weighted by Gasteiger charge is -1.61. The molecule has 0 aromatic carbocycles. The summed E-state index contributed by atoms with van der Waals surface area (Å²) < 4.78 is 27.2. The second-order valence-electron chi connectivity index (χ2n) is 0.239. The molecule has 0 N–H and O–H groups in total. The van der Waals surface area contributed by atoms with Crippen molar-refractivity contribution < 1.29 is 8.59 Å². The van der Waals surface area contributed by atoms with Crippen molar-refractivity contribution >= 4 is 8.84 Å². The van der Waals surface area contributed by atoms with E-state index in [1.165, 1.54) is 0 Å². The van der Waals surface area contributed by atoms with E-state index in [2.05, 4.69) is 0 Å². The van der Waals surface area contributed by atoms with Crippen LogP contribution in [-0.2, 0) is 0 Å². The van der Waals surface area contributed by atoms with Crippen LogP contribution in [0.2, 0.25) is 0 Å². The van der Waals surface area contributed by atoms with Gasteiger partial charge in [-0.1, -0.05) is 0 Å². The third-order valence-electron chi connectivity index (χ3n) is 0.0452. The van der Waals surface area contributed by atoms with Crippen molar-refractivity contribution in [1.82, 2.24) is 0 Å². The SMILES string of the molecule is [3H]P(F)CF. The zero-order valence-corrected chi connectivity index (χ0v) is 2.80. The first kappa shape index (κ1) is 2.52. The van der Waals surface area contributed by atoms with Crippen molar-refractivity contribution in [3.8, 4) is 0 Å². The summed E-state index contributed by atoms with van der Waals surface area (Å²) in [6, 6.07) is 0. The van der Waals surface area contributed by atoms with E-state index in [0.29, 0.717) is 0 Å². The molecule has 0 saturated heterocycles. The van der Waals surface area contributed by atoms with Gasteiger partial charge in [0.2, 0.25) is 0 Å². The van der Waals surface area contributed by atoms with Gasteiger partial charge in [-0.05, 0) is 0 Å². The molecule has 26 valence electrons. The summed E-state index contributed by atoms with van der Waals surface area (Å²) in [7, 11) is -2.51. The number of hydrogen-bond donors (Lipinski definition) is 0. The average molecular weight is 86.0 g/mol. The van der Waals surface area contributed by atoms with Crippen LogP contribution < -0.4 is 0 Å². The lowest BCUT2D eigenvalue weighted by molar-refractivity contribution is 0.591. The topological polar surface area (TPSA) is 0 Å². The maximum absolute atomic E-state index is 10.8. The van der Waals surface area contributed by atoms with Crippen LogP contribution in [0.1, 0.15) is 0 Å². The second kappa shape index (κ2) is 3.29. The van der Waals surface area contributed by atoms with E-state index in [1.54, 1.807) is 0 Å². The van der Waals surface area contributed by atoms with E-state index in [0.717, 1.165) is 0 Å². The highest BCUT2D eigenvalue weighted by molar-refractivity contribution is 7.31. The van der Waals surface area contributed by atoms with Crippen LogP contribution in [0.3, 0.4) is 0 Å². The van der Waals surface area contributed by atoms with Crippen molar-refractivity contribution in [1.29, 1.82) is 1.28 Å². The molecule has 0 aliphatic carbocycles. The van der Waals surface area contributed by atoms with Gasteiger partial charge in [0.1, 0.15) is 6.42 Å². The number of halogens is 2. The molecule has 0 rings (SSSR count). The third-order valence-corrected chi connectivity index (χ3v) is 0.136. The van der Waals surface area contributed by atoms with Crippen LogP contribution in [0.25, 0.3) is 0 Å². The Balaban J connectivity index is 2.54. The van der Waals surface area contributed by atoms with Gasteiger partial charge in [0.25, 0.3) is 0 Å². The van der Waals surface area contributed by atoms with Gasteiger partial charge in [0.05, 0.1) is 10.1 Å². The Labute approximate surface area is 26.4 Å². The summed E-state index contributed by atoms with van der Waals surface area (Å²) in [5.74, 6) is 0. The molecule has 3 heteroatoms. The molecule has 0 saturated carbocycles. The Kier molecular flexibility index (Phi) is 2.08. The normalized spacial score (nSPS) is 19.0. The quantitative estimate of drug-likeness (QED) is 0.424.